The Morgan fingerprint density at radius 2 is 2.23 bits per heavy atom. The third-order valence-electron chi connectivity index (χ3n) is 5.57. The number of nitrogens with one attached hydrogen (secondary N) is 2. The van der Waals surface area contributed by atoms with Crippen LogP contribution in [0.4, 0.5) is 4.39 Å². The van der Waals surface area contributed by atoms with Crippen LogP contribution in [0.25, 0.3) is 0 Å². The number of amides is 1. The molecule has 0 aromatic carbocycles. The van der Waals surface area contributed by atoms with Gasteiger partial charge in [-0.15, -0.1) is 0 Å². The smallest absolute Gasteiger partial charge is 0.222 e. The molecule has 2 aromatic heterocycles. The number of aryl methyl sites for hydroxylation is 1. The molecule has 30 heavy (non-hydrogen) atoms. The number of hydrogen-bond acceptors (Lipinski definition) is 7. The highest BCUT2D eigenvalue weighted by atomic mass is 19.1. The molecule has 0 radical (unpaired) electrons. The number of nitrogens with zero attached hydrogens (tertiary/aromatic N) is 3. The Kier molecular flexibility index (Phi) is 6.38. The first-order chi connectivity index (χ1) is 14.5. The lowest BCUT2D eigenvalue weighted by Gasteiger charge is -2.20. The molecule has 0 spiro atoms. The minimum absolute atomic E-state index is 0.130. The Balaban J connectivity index is 1.19. The van der Waals surface area contributed by atoms with Crippen LogP contribution in [-0.4, -0.2) is 62.6 Å². The lowest BCUT2D eigenvalue weighted by molar-refractivity contribution is -0.125. The van der Waals surface area contributed by atoms with Crippen LogP contribution in [0.1, 0.15) is 24.2 Å². The summed E-state index contributed by atoms with van der Waals surface area (Å²) in [6.45, 7) is 1.04. The number of halogens is 1. The summed E-state index contributed by atoms with van der Waals surface area (Å²) in [5.74, 6) is 0.269. The summed E-state index contributed by atoms with van der Waals surface area (Å²) >= 11 is 0. The number of imidazole rings is 1. The highest BCUT2D eigenvalue weighted by Gasteiger charge is 2.50. The number of aliphatic hydroxyl groups excluding tert-OH is 1. The van der Waals surface area contributed by atoms with Gasteiger partial charge in [0.15, 0.2) is 0 Å². The van der Waals surface area contributed by atoms with Crippen LogP contribution >= 0.6 is 0 Å². The van der Waals surface area contributed by atoms with Crippen molar-refractivity contribution in [3.63, 3.8) is 0 Å². The number of carbonyl (C=O) groups is 1. The number of aliphatic hydroxyl groups is 1. The minimum Gasteiger partial charge on any atom is -0.388 e. The first-order valence-electron chi connectivity index (χ1n) is 10.0. The van der Waals surface area contributed by atoms with E-state index >= 15 is 0 Å². The van der Waals surface area contributed by atoms with Gasteiger partial charge in [0, 0.05) is 50.7 Å². The number of aromatic nitrogens is 3. The quantitative estimate of drug-likeness (QED) is 0.554. The topological polar surface area (TPSA) is 111 Å². The zero-order chi connectivity index (χ0) is 21.1. The van der Waals surface area contributed by atoms with Gasteiger partial charge in [-0.3, -0.25) is 9.78 Å². The van der Waals surface area contributed by atoms with Gasteiger partial charge >= 0.3 is 0 Å². The standard InChI is InChI=1S/C20H26FN5O4/c1-26-5-4-24-17(26)11-25-18(27)7-13-6-15-20(29-13)19(28)16(30-15)10-23-8-12-2-3-22-9-14(12)21/h2-5,9,13,15-16,19-20,23,28H,6-8,10-11H2,1H3,(H,25,27). The van der Waals surface area contributed by atoms with Crippen LogP contribution in [0.3, 0.4) is 0 Å². The van der Waals surface area contributed by atoms with Crippen molar-refractivity contribution in [1.82, 2.24) is 25.2 Å². The summed E-state index contributed by atoms with van der Waals surface area (Å²) in [7, 11) is 1.87. The maximum absolute atomic E-state index is 13.6. The summed E-state index contributed by atoms with van der Waals surface area (Å²) in [5.41, 5.74) is 0.505. The van der Waals surface area contributed by atoms with Crippen LogP contribution in [0, 0.1) is 5.82 Å². The fraction of sp³-hybridized carbons (Fsp3) is 0.550. The van der Waals surface area contributed by atoms with Crippen molar-refractivity contribution in [3.05, 3.63) is 48.1 Å². The Morgan fingerprint density at radius 3 is 2.97 bits per heavy atom. The van der Waals surface area contributed by atoms with Gasteiger partial charge in [0.05, 0.1) is 37.5 Å². The molecule has 2 fully saturated rings. The molecule has 10 heteroatoms. The molecule has 5 unspecified atom stereocenters. The van der Waals surface area contributed by atoms with E-state index in [2.05, 4.69) is 20.6 Å². The Morgan fingerprint density at radius 1 is 1.37 bits per heavy atom. The second kappa shape index (κ2) is 9.17. The van der Waals surface area contributed by atoms with E-state index < -0.39 is 18.3 Å². The molecule has 0 aliphatic carbocycles. The normalized spacial score (nSPS) is 27.9. The van der Waals surface area contributed by atoms with E-state index in [1.165, 1.54) is 12.4 Å². The summed E-state index contributed by atoms with van der Waals surface area (Å²) in [6, 6.07) is 1.61. The van der Waals surface area contributed by atoms with Crippen LogP contribution in [-0.2, 0) is 34.4 Å². The molecular weight excluding hydrogens is 393 g/mol. The molecule has 4 rings (SSSR count). The van der Waals surface area contributed by atoms with E-state index in [0.29, 0.717) is 31.6 Å². The number of rotatable bonds is 8. The van der Waals surface area contributed by atoms with E-state index in [1.54, 1.807) is 12.3 Å². The molecule has 2 saturated heterocycles. The molecule has 162 valence electrons. The fourth-order valence-electron chi connectivity index (χ4n) is 3.93. The van der Waals surface area contributed by atoms with E-state index in [1.807, 2.05) is 17.8 Å². The van der Waals surface area contributed by atoms with Gasteiger partial charge in [-0.2, -0.15) is 0 Å². The van der Waals surface area contributed by atoms with Crippen molar-refractivity contribution in [2.45, 2.75) is 56.5 Å². The first kappa shape index (κ1) is 20.9. The van der Waals surface area contributed by atoms with Gasteiger partial charge in [-0.1, -0.05) is 0 Å². The number of carbonyl (C=O) groups excluding carboxylic acids is 1. The average Bonchev–Trinajstić information content (AvgIpc) is 3.38. The average molecular weight is 419 g/mol. The molecule has 3 N–H and O–H groups in total. The van der Waals surface area contributed by atoms with E-state index in [9.17, 15) is 14.3 Å². The van der Waals surface area contributed by atoms with Crippen molar-refractivity contribution >= 4 is 5.91 Å². The summed E-state index contributed by atoms with van der Waals surface area (Å²) in [6.07, 6.45) is 4.71. The monoisotopic (exact) mass is 419 g/mol. The predicted molar refractivity (Wildman–Crippen MR) is 104 cm³/mol. The van der Waals surface area contributed by atoms with Gasteiger partial charge in [-0.05, 0) is 6.07 Å². The van der Waals surface area contributed by atoms with Crippen molar-refractivity contribution in [3.8, 4) is 0 Å². The first-order valence-corrected chi connectivity index (χ1v) is 10.0. The van der Waals surface area contributed by atoms with Gasteiger partial charge in [0.2, 0.25) is 5.91 Å². The summed E-state index contributed by atoms with van der Waals surface area (Å²) in [5, 5.41) is 16.5. The van der Waals surface area contributed by atoms with E-state index in [4.69, 9.17) is 9.47 Å². The third-order valence-corrected chi connectivity index (χ3v) is 5.57. The molecule has 2 aliphatic rings. The SMILES string of the molecule is Cn1ccnc1CNC(=O)CC1CC2OC(CNCc3ccncc3F)C(O)C2O1. The zero-order valence-corrected chi connectivity index (χ0v) is 16.7. The zero-order valence-electron chi connectivity index (χ0n) is 16.7. The number of ether oxygens (including phenoxy) is 2. The van der Waals surface area contributed by atoms with Crippen LogP contribution < -0.4 is 10.6 Å². The van der Waals surface area contributed by atoms with Gasteiger partial charge in [0.25, 0.3) is 0 Å². The molecule has 2 aliphatic heterocycles. The predicted octanol–water partition coefficient (Wildman–Crippen LogP) is 0.0361. The molecule has 1 amide bonds. The van der Waals surface area contributed by atoms with Crippen molar-refractivity contribution in [2.75, 3.05) is 6.54 Å². The van der Waals surface area contributed by atoms with Gasteiger partial charge in [-0.25, -0.2) is 9.37 Å². The second-order valence-corrected chi connectivity index (χ2v) is 7.70. The van der Waals surface area contributed by atoms with Crippen LogP contribution in [0.5, 0.6) is 0 Å². The van der Waals surface area contributed by atoms with Crippen molar-refractivity contribution in [2.24, 2.45) is 7.05 Å². The lowest BCUT2D eigenvalue weighted by atomic mass is 10.1. The molecule has 4 heterocycles. The summed E-state index contributed by atoms with van der Waals surface area (Å²) < 4.78 is 27.3. The number of hydrogen-bond donors (Lipinski definition) is 3. The van der Waals surface area contributed by atoms with Crippen molar-refractivity contribution < 1.29 is 23.8 Å². The fourth-order valence-corrected chi connectivity index (χ4v) is 3.93. The molecule has 5 atom stereocenters. The molecule has 9 nitrogen and oxygen atoms in total. The molecule has 2 aromatic rings. The van der Waals surface area contributed by atoms with Gasteiger partial charge < -0.3 is 29.8 Å². The minimum atomic E-state index is -0.801. The molecule has 0 saturated carbocycles. The Bertz CT molecular complexity index is 878. The lowest BCUT2D eigenvalue weighted by Crippen LogP contribution is -2.39. The summed E-state index contributed by atoms with van der Waals surface area (Å²) in [4.78, 5) is 20.1. The third kappa shape index (κ3) is 4.67. The van der Waals surface area contributed by atoms with Crippen molar-refractivity contribution in [1.29, 1.82) is 0 Å². The second-order valence-electron chi connectivity index (χ2n) is 7.70. The number of fused-ring (bicyclic) bond motifs is 1. The Labute approximate surface area is 173 Å². The highest BCUT2D eigenvalue weighted by molar-refractivity contribution is 5.76. The van der Waals surface area contributed by atoms with Gasteiger partial charge in [0.1, 0.15) is 23.8 Å². The van der Waals surface area contributed by atoms with E-state index in [-0.39, 0.29) is 30.4 Å². The highest BCUT2D eigenvalue weighted by Crippen LogP contribution is 2.35. The maximum atomic E-state index is 13.6. The Hall–Kier alpha value is -2.40. The largest absolute Gasteiger partial charge is 0.388 e. The van der Waals surface area contributed by atoms with Crippen LogP contribution in [0.2, 0.25) is 0 Å². The molecular formula is C20H26FN5O4. The van der Waals surface area contributed by atoms with E-state index in [0.717, 1.165) is 5.82 Å². The van der Waals surface area contributed by atoms with Crippen LogP contribution in [0.15, 0.2) is 30.9 Å². The molecule has 0 bridgehead atoms. The maximum Gasteiger partial charge on any atom is 0.222 e. The number of pyridine rings is 1.